The van der Waals surface area contributed by atoms with E-state index in [1.165, 1.54) is 0 Å². The Morgan fingerprint density at radius 3 is 3.21 bits per heavy atom. The van der Waals surface area contributed by atoms with Crippen molar-refractivity contribution in [1.29, 1.82) is 0 Å². The average Bonchev–Trinajstić information content (AvgIpc) is 2.61. The Balaban J connectivity index is 2.13. The number of nitrogens with zero attached hydrogens (tertiary/aromatic N) is 1. The molecule has 0 aliphatic carbocycles. The summed E-state index contributed by atoms with van der Waals surface area (Å²) in [7, 11) is 0. The number of benzene rings is 1. The molecule has 0 fully saturated rings. The molecular weight excluding hydrogens is 178 g/mol. The van der Waals surface area contributed by atoms with Crippen LogP contribution in [0.25, 0.3) is 0 Å². The van der Waals surface area contributed by atoms with Gasteiger partial charge in [-0.05, 0) is 18.6 Å². The molecule has 1 aromatic rings. The molecule has 1 aromatic carbocycles. The second-order valence-corrected chi connectivity index (χ2v) is 3.60. The molecule has 0 bridgehead atoms. The summed E-state index contributed by atoms with van der Waals surface area (Å²) >= 11 is 0. The fraction of sp³-hybridized carbons (Fsp3) is 0.364. The first-order valence-corrected chi connectivity index (χ1v) is 4.87. The molecule has 1 unspecified atom stereocenters. The minimum Gasteiger partial charge on any atom is -0.493 e. The van der Waals surface area contributed by atoms with Gasteiger partial charge >= 0.3 is 0 Å². The molecule has 0 aromatic heterocycles. The van der Waals surface area contributed by atoms with E-state index in [0.717, 1.165) is 30.1 Å². The average molecular weight is 189 g/mol. The summed E-state index contributed by atoms with van der Waals surface area (Å²) in [6, 6.07) is 8.01. The van der Waals surface area contributed by atoms with Crippen molar-refractivity contribution in [2.24, 2.45) is 11.1 Å². The largest absolute Gasteiger partial charge is 0.493 e. The van der Waals surface area contributed by atoms with E-state index in [9.17, 15) is 0 Å². The molecule has 0 saturated carbocycles. The van der Waals surface area contributed by atoms with Crippen molar-refractivity contribution in [3.63, 3.8) is 0 Å². The van der Waals surface area contributed by atoms with Crippen LogP contribution in [0.15, 0.2) is 29.4 Å². The number of hydrogen-bond acceptors (Lipinski definition) is 3. The summed E-state index contributed by atoms with van der Waals surface area (Å²) < 4.78 is 5.65. The lowest BCUT2D eigenvalue weighted by molar-refractivity contribution is 0.147. The smallest absolute Gasteiger partial charge is 0.128 e. The highest BCUT2D eigenvalue weighted by atomic mass is 16.6. The van der Waals surface area contributed by atoms with Crippen LogP contribution in [0, 0.1) is 5.92 Å². The molecule has 72 valence electrons. The first kappa shape index (κ1) is 7.85. The Kier molecular flexibility index (Phi) is 1.69. The molecule has 3 heteroatoms. The molecule has 0 saturated heterocycles. The SMILES string of the molecule is c1ccc2c(c1)OCCC1CON=C21. The van der Waals surface area contributed by atoms with Crippen molar-refractivity contribution in [3.8, 4) is 5.75 Å². The summed E-state index contributed by atoms with van der Waals surface area (Å²) in [5.74, 6) is 1.35. The van der Waals surface area contributed by atoms with Gasteiger partial charge in [-0.25, -0.2) is 0 Å². The van der Waals surface area contributed by atoms with E-state index in [-0.39, 0.29) is 0 Å². The number of oxime groups is 1. The number of ether oxygens (including phenoxy) is 1. The number of fused-ring (bicyclic) bond motifs is 3. The van der Waals surface area contributed by atoms with Crippen LogP contribution in [0.3, 0.4) is 0 Å². The lowest BCUT2D eigenvalue weighted by Gasteiger charge is -2.05. The van der Waals surface area contributed by atoms with E-state index in [0.29, 0.717) is 12.5 Å². The molecule has 2 aliphatic rings. The Bertz CT molecular complexity index is 387. The molecule has 2 aliphatic heterocycles. The van der Waals surface area contributed by atoms with E-state index in [4.69, 9.17) is 9.57 Å². The molecule has 2 heterocycles. The summed E-state index contributed by atoms with van der Waals surface area (Å²) in [6.07, 6.45) is 0.994. The molecule has 3 rings (SSSR count). The van der Waals surface area contributed by atoms with Crippen molar-refractivity contribution in [2.75, 3.05) is 13.2 Å². The number of para-hydroxylation sites is 1. The number of rotatable bonds is 0. The summed E-state index contributed by atoms with van der Waals surface area (Å²) in [5, 5.41) is 4.10. The van der Waals surface area contributed by atoms with Crippen molar-refractivity contribution in [2.45, 2.75) is 6.42 Å². The maximum absolute atomic E-state index is 5.65. The third-order valence-electron chi connectivity index (χ3n) is 2.71. The molecule has 1 atom stereocenters. The Labute approximate surface area is 82.3 Å². The molecule has 0 radical (unpaired) electrons. The minimum atomic E-state index is 0.415. The van der Waals surface area contributed by atoms with E-state index in [2.05, 4.69) is 5.16 Å². The van der Waals surface area contributed by atoms with Gasteiger partial charge in [0.2, 0.25) is 0 Å². The van der Waals surface area contributed by atoms with Gasteiger partial charge in [0.1, 0.15) is 12.4 Å². The zero-order chi connectivity index (χ0) is 9.38. The minimum absolute atomic E-state index is 0.415. The third-order valence-corrected chi connectivity index (χ3v) is 2.71. The van der Waals surface area contributed by atoms with Gasteiger partial charge in [0.05, 0.1) is 12.3 Å². The zero-order valence-corrected chi connectivity index (χ0v) is 7.77. The molecule has 0 spiro atoms. The lowest BCUT2D eigenvalue weighted by Crippen LogP contribution is -2.13. The lowest BCUT2D eigenvalue weighted by atomic mass is 9.96. The van der Waals surface area contributed by atoms with E-state index in [1.54, 1.807) is 0 Å². The van der Waals surface area contributed by atoms with Crippen LogP contribution in [0.2, 0.25) is 0 Å². The van der Waals surface area contributed by atoms with E-state index in [1.807, 2.05) is 24.3 Å². The predicted octanol–water partition coefficient (Wildman–Crippen LogP) is 1.82. The number of hydrogen-bond donors (Lipinski definition) is 0. The van der Waals surface area contributed by atoms with Crippen LogP contribution in [0.1, 0.15) is 12.0 Å². The van der Waals surface area contributed by atoms with Gasteiger partial charge in [-0.15, -0.1) is 0 Å². The zero-order valence-electron chi connectivity index (χ0n) is 7.77. The Morgan fingerprint density at radius 2 is 2.21 bits per heavy atom. The highest BCUT2D eigenvalue weighted by Gasteiger charge is 2.29. The maximum Gasteiger partial charge on any atom is 0.128 e. The van der Waals surface area contributed by atoms with Crippen LogP contribution in [-0.2, 0) is 4.84 Å². The second-order valence-electron chi connectivity index (χ2n) is 3.60. The molecule has 14 heavy (non-hydrogen) atoms. The highest BCUT2D eigenvalue weighted by Crippen LogP contribution is 2.29. The van der Waals surface area contributed by atoms with Gasteiger partial charge in [0.15, 0.2) is 0 Å². The van der Waals surface area contributed by atoms with Crippen LogP contribution >= 0.6 is 0 Å². The first-order valence-electron chi connectivity index (χ1n) is 4.87. The molecule has 3 nitrogen and oxygen atoms in total. The molecule has 0 N–H and O–H groups in total. The normalized spacial score (nSPS) is 23.7. The maximum atomic E-state index is 5.65. The highest BCUT2D eigenvalue weighted by molar-refractivity contribution is 6.05. The molecule has 0 amide bonds. The van der Waals surface area contributed by atoms with Gasteiger partial charge in [-0.3, -0.25) is 0 Å². The Hall–Kier alpha value is -1.51. The van der Waals surface area contributed by atoms with E-state index >= 15 is 0 Å². The van der Waals surface area contributed by atoms with Crippen LogP contribution in [0.4, 0.5) is 0 Å². The fourth-order valence-electron chi connectivity index (χ4n) is 1.95. The van der Waals surface area contributed by atoms with Gasteiger partial charge in [0, 0.05) is 11.5 Å². The summed E-state index contributed by atoms with van der Waals surface area (Å²) in [4.78, 5) is 5.14. The first-order chi connectivity index (χ1) is 6.95. The quantitative estimate of drug-likeness (QED) is 0.623. The van der Waals surface area contributed by atoms with Gasteiger partial charge < -0.3 is 9.57 Å². The summed E-state index contributed by atoms with van der Waals surface area (Å²) in [6.45, 7) is 1.46. The van der Waals surface area contributed by atoms with Crippen molar-refractivity contribution in [1.82, 2.24) is 0 Å². The van der Waals surface area contributed by atoms with Gasteiger partial charge in [-0.2, -0.15) is 0 Å². The topological polar surface area (TPSA) is 30.8 Å². The van der Waals surface area contributed by atoms with E-state index < -0.39 is 0 Å². The fourth-order valence-corrected chi connectivity index (χ4v) is 1.95. The van der Waals surface area contributed by atoms with Crippen LogP contribution in [-0.4, -0.2) is 18.9 Å². The third kappa shape index (κ3) is 1.09. The standard InChI is InChI=1S/C11H11NO2/c1-2-4-10-9(3-1)11-8(5-6-13-10)7-14-12-11/h1-4,8H,5-7H2. The van der Waals surface area contributed by atoms with Gasteiger partial charge in [0.25, 0.3) is 0 Å². The monoisotopic (exact) mass is 189 g/mol. The van der Waals surface area contributed by atoms with Crippen molar-refractivity contribution < 1.29 is 9.57 Å². The second kappa shape index (κ2) is 3.01. The summed E-state index contributed by atoms with van der Waals surface area (Å²) in [5.41, 5.74) is 2.14. The van der Waals surface area contributed by atoms with Crippen molar-refractivity contribution in [3.05, 3.63) is 29.8 Å². The van der Waals surface area contributed by atoms with Crippen molar-refractivity contribution >= 4 is 5.71 Å². The van der Waals surface area contributed by atoms with Gasteiger partial charge in [-0.1, -0.05) is 17.3 Å². The predicted molar refractivity (Wildman–Crippen MR) is 52.5 cm³/mol. The van der Waals surface area contributed by atoms with Crippen LogP contribution < -0.4 is 4.74 Å². The Morgan fingerprint density at radius 1 is 1.29 bits per heavy atom. The molecular formula is C11H11NO2. The van der Waals surface area contributed by atoms with Crippen LogP contribution in [0.5, 0.6) is 5.75 Å².